The van der Waals surface area contributed by atoms with E-state index in [2.05, 4.69) is 23.0 Å². The highest BCUT2D eigenvalue weighted by Gasteiger charge is 2.15. The first-order chi connectivity index (χ1) is 18.2. The van der Waals surface area contributed by atoms with Gasteiger partial charge in [0.1, 0.15) is 17.5 Å². The Bertz CT molecular complexity index is 1680. The van der Waals surface area contributed by atoms with Gasteiger partial charge in [0.15, 0.2) is 5.82 Å². The molecule has 0 spiro atoms. The average molecular weight is 488 g/mol. The summed E-state index contributed by atoms with van der Waals surface area (Å²) in [7, 11) is 0. The summed E-state index contributed by atoms with van der Waals surface area (Å²) in [5, 5.41) is 15.4. The second-order valence-electron chi connectivity index (χ2n) is 8.54. The van der Waals surface area contributed by atoms with Crippen LogP contribution in [-0.4, -0.2) is 26.4 Å². The number of aromatic nitrogens is 4. The highest BCUT2D eigenvalue weighted by atomic mass is 16.5. The number of nitrogens with zero attached hydrogens (tertiary/aromatic N) is 4. The summed E-state index contributed by atoms with van der Waals surface area (Å²) in [6.07, 6.45) is 5.60. The molecule has 2 aromatic heterocycles. The highest BCUT2D eigenvalue weighted by Crippen LogP contribution is 2.29. The lowest BCUT2D eigenvalue weighted by Crippen LogP contribution is -2.11. The highest BCUT2D eigenvalue weighted by molar-refractivity contribution is 5.91. The minimum absolute atomic E-state index is 0.210. The number of hydrogen-bond donors (Lipinski definition) is 1. The number of H-pyrrole nitrogens is 1. The second kappa shape index (κ2) is 10.8. The number of nitrogens with one attached hydrogen (secondary N) is 1. The summed E-state index contributed by atoms with van der Waals surface area (Å²) >= 11 is 0. The van der Waals surface area contributed by atoms with Crippen molar-refractivity contribution in [2.75, 3.05) is 6.61 Å². The van der Waals surface area contributed by atoms with Crippen LogP contribution in [0.3, 0.4) is 0 Å². The summed E-state index contributed by atoms with van der Waals surface area (Å²) in [6.45, 7) is 2.77. The number of aromatic amines is 1. The molecule has 0 unspecified atom stereocenters. The van der Waals surface area contributed by atoms with Crippen LogP contribution < -0.4 is 10.3 Å². The topological polar surface area (TPSA) is 96.6 Å². The van der Waals surface area contributed by atoms with E-state index < -0.39 is 0 Å². The van der Waals surface area contributed by atoms with Gasteiger partial charge in [-0.2, -0.15) is 10.4 Å². The molecule has 5 aromatic rings. The van der Waals surface area contributed by atoms with Crippen molar-refractivity contribution in [1.29, 1.82) is 5.26 Å². The van der Waals surface area contributed by atoms with E-state index in [4.69, 9.17) is 9.84 Å². The van der Waals surface area contributed by atoms with Gasteiger partial charge in [0.05, 0.1) is 28.8 Å². The van der Waals surface area contributed by atoms with Crippen molar-refractivity contribution < 1.29 is 4.74 Å². The van der Waals surface area contributed by atoms with Gasteiger partial charge in [-0.3, -0.25) is 4.79 Å². The number of nitriles is 1. The van der Waals surface area contributed by atoms with E-state index in [1.165, 1.54) is 0 Å². The van der Waals surface area contributed by atoms with Gasteiger partial charge in [-0.25, -0.2) is 9.67 Å². The zero-order chi connectivity index (χ0) is 25.6. The van der Waals surface area contributed by atoms with Crippen molar-refractivity contribution in [1.82, 2.24) is 19.7 Å². The van der Waals surface area contributed by atoms with Crippen LogP contribution in [0.5, 0.6) is 5.75 Å². The standard InChI is InChI=1S/C30H25N5O2/c1-2-3-16-37-25-13-9-10-21(18-25)28-23(20-35(34-28)24-11-5-4-6-12-24)17-22(19-31)29-32-27-15-8-7-14-26(27)30(36)33-29/h4-15,17-18,20H,2-3,16H2,1H3,(H,32,33,36). The first kappa shape index (κ1) is 23.8. The zero-order valence-corrected chi connectivity index (χ0v) is 20.4. The van der Waals surface area contributed by atoms with Gasteiger partial charge in [0, 0.05) is 17.3 Å². The molecule has 0 saturated heterocycles. The quantitative estimate of drug-likeness (QED) is 0.213. The summed E-state index contributed by atoms with van der Waals surface area (Å²) in [5.74, 6) is 0.970. The van der Waals surface area contributed by atoms with Gasteiger partial charge >= 0.3 is 0 Å². The molecule has 7 heteroatoms. The third kappa shape index (κ3) is 5.19. The predicted molar refractivity (Wildman–Crippen MR) is 145 cm³/mol. The van der Waals surface area contributed by atoms with Crippen molar-refractivity contribution in [3.8, 4) is 28.8 Å². The number of fused-ring (bicyclic) bond motifs is 1. The van der Waals surface area contributed by atoms with E-state index in [9.17, 15) is 10.1 Å². The van der Waals surface area contributed by atoms with E-state index in [1.807, 2.05) is 66.9 Å². The first-order valence-corrected chi connectivity index (χ1v) is 12.2. The molecule has 0 saturated carbocycles. The van der Waals surface area contributed by atoms with Crippen LogP contribution in [0.25, 0.3) is 39.5 Å². The molecule has 1 N–H and O–H groups in total. The average Bonchev–Trinajstić information content (AvgIpc) is 3.36. The SMILES string of the molecule is CCCCOc1cccc(-c2nn(-c3ccccc3)cc2C=C(C#N)c2nc3ccccc3c(=O)[nH]2)c1. The lowest BCUT2D eigenvalue weighted by molar-refractivity contribution is 0.309. The summed E-state index contributed by atoms with van der Waals surface area (Å²) < 4.78 is 7.69. The summed E-state index contributed by atoms with van der Waals surface area (Å²) in [6, 6.07) is 26.8. The monoisotopic (exact) mass is 487 g/mol. The minimum atomic E-state index is -0.293. The Balaban J connectivity index is 1.63. The summed E-state index contributed by atoms with van der Waals surface area (Å²) in [4.78, 5) is 19.9. The maximum atomic E-state index is 12.6. The molecule has 7 nitrogen and oxygen atoms in total. The number of benzene rings is 3. The third-order valence-electron chi connectivity index (χ3n) is 5.93. The molecule has 37 heavy (non-hydrogen) atoms. The van der Waals surface area contributed by atoms with Crippen LogP contribution in [0, 0.1) is 11.3 Å². The summed E-state index contributed by atoms with van der Waals surface area (Å²) in [5.41, 5.74) is 3.59. The molecule has 3 aromatic carbocycles. The first-order valence-electron chi connectivity index (χ1n) is 12.2. The Morgan fingerprint density at radius 1 is 1.08 bits per heavy atom. The van der Waals surface area contributed by atoms with Gasteiger partial charge in [-0.1, -0.05) is 55.8 Å². The van der Waals surface area contributed by atoms with Crippen LogP contribution in [0.15, 0.2) is 89.9 Å². The Morgan fingerprint density at radius 2 is 1.89 bits per heavy atom. The van der Waals surface area contributed by atoms with E-state index in [0.29, 0.717) is 28.8 Å². The fourth-order valence-electron chi connectivity index (χ4n) is 4.02. The van der Waals surface area contributed by atoms with E-state index >= 15 is 0 Å². The molecule has 0 aliphatic heterocycles. The van der Waals surface area contributed by atoms with Gasteiger partial charge in [0.25, 0.3) is 5.56 Å². The maximum Gasteiger partial charge on any atom is 0.259 e. The molecule has 0 amide bonds. The maximum absolute atomic E-state index is 12.6. The van der Waals surface area contributed by atoms with E-state index in [0.717, 1.165) is 29.8 Å². The van der Waals surface area contributed by atoms with Crippen LogP contribution in [-0.2, 0) is 0 Å². The van der Waals surface area contributed by atoms with Gasteiger partial charge in [0.2, 0.25) is 0 Å². The van der Waals surface area contributed by atoms with Crippen molar-refractivity contribution in [3.63, 3.8) is 0 Å². The van der Waals surface area contributed by atoms with Gasteiger partial charge in [-0.15, -0.1) is 0 Å². The largest absolute Gasteiger partial charge is 0.494 e. The second-order valence-corrected chi connectivity index (χ2v) is 8.54. The molecule has 0 fully saturated rings. The van der Waals surface area contributed by atoms with Crippen LogP contribution in [0.1, 0.15) is 31.2 Å². The van der Waals surface area contributed by atoms with Crippen LogP contribution in [0.2, 0.25) is 0 Å². The van der Waals surface area contributed by atoms with Gasteiger partial charge < -0.3 is 9.72 Å². The van der Waals surface area contributed by atoms with E-state index in [-0.39, 0.29) is 17.0 Å². The van der Waals surface area contributed by atoms with Crippen molar-refractivity contribution >= 4 is 22.6 Å². The van der Waals surface area contributed by atoms with Crippen LogP contribution >= 0.6 is 0 Å². The molecule has 2 heterocycles. The Morgan fingerprint density at radius 3 is 2.70 bits per heavy atom. The normalized spacial score (nSPS) is 11.4. The molecular formula is C30H25N5O2. The number of ether oxygens (including phenoxy) is 1. The molecule has 5 rings (SSSR count). The lowest BCUT2D eigenvalue weighted by atomic mass is 10.1. The Kier molecular flexibility index (Phi) is 6.91. The van der Waals surface area contributed by atoms with Crippen LogP contribution in [0.4, 0.5) is 0 Å². The lowest BCUT2D eigenvalue weighted by Gasteiger charge is -2.07. The molecule has 0 aliphatic carbocycles. The molecule has 0 bridgehead atoms. The van der Waals surface area contributed by atoms with Crippen molar-refractivity contribution in [3.05, 3.63) is 107 Å². The molecule has 0 radical (unpaired) electrons. The predicted octanol–water partition coefficient (Wildman–Crippen LogP) is 6.02. The molecule has 182 valence electrons. The smallest absolute Gasteiger partial charge is 0.259 e. The fraction of sp³-hybridized carbons (Fsp3) is 0.133. The molecule has 0 atom stereocenters. The fourth-order valence-corrected chi connectivity index (χ4v) is 4.02. The number of hydrogen-bond acceptors (Lipinski definition) is 5. The molecular weight excluding hydrogens is 462 g/mol. The minimum Gasteiger partial charge on any atom is -0.494 e. The molecule has 0 aliphatic rings. The van der Waals surface area contributed by atoms with E-state index in [1.54, 1.807) is 29.0 Å². The Labute approximate surface area is 214 Å². The Hall–Kier alpha value is -4.96. The third-order valence-corrected chi connectivity index (χ3v) is 5.93. The number of allylic oxidation sites excluding steroid dienone is 1. The number of rotatable bonds is 8. The number of para-hydroxylation sites is 2. The van der Waals surface area contributed by atoms with Crippen molar-refractivity contribution in [2.24, 2.45) is 0 Å². The van der Waals surface area contributed by atoms with Gasteiger partial charge in [-0.05, 0) is 48.9 Å². The zero-order valence-electron chi connectivity index (χ0n) is 20.4. The van der Waals surface area contributed by atoms with Crippen molar-refractivity contribution in [2.45, 2.75) is 19.8 Å². The number of unbranched alkanes of at least 4 members (excludes halogenated alkanes) is 1.